The molecular formula is C22H19NO6. The summed E-state index contributed by atoms with van der Waals surface area (Å²) in [5, 5.41) is 0. The zero-order chi connectivity index (χ0) is 21.0. The molecule has 0 unspecified atom stereocenters. The topological polar surface area (TPSA) is 91.2 Å². The van der Waals surface area contributed by atoms with Crippen molar-refractivity contribution < 1.29 is 28.7 Å². The highest BCUT2D eigenvalue weighted by molar-refractivity contribution is 6.20. The molecule has 29 heavy (non-hydrogen) atoms. The smallest absolute Gasteiger partial charge is 0.341 e. The van der Waals surface area contributed by atoms with Gasteiger partial charge in [0.2, 0.25) is 5.78 Å². The second-order valence-electron chi connectivity index (χ2n) is 6.02. The van der Waals surface area contributed by atoms with Crippen molar-refractivity contribution >= 4 is 29.5 Å². The third-order valence-electron chi connectivity index (χ3n) is 4.32. The molecule has 0 atom stereocenters. The number of aldehydes is 1. The van der Waals surface area contributed by atoms with Crippen LogP contribution in [0.15, 0.2) is 48.5 Å². The van der Waals surface area contributed by atoms with Crippen molar-refractivity contribution in [3.05, 3.63) is 76.6 Å². The van der Waals surface area contributed by atoms with Crippen LogP contribution in [0, 0.1) is 0 Å². The van der Waals surface area contributed by atoms with Crippen molar-refractivity contribution in [1.82, 2.24) is 4.40 Å². The largest absolute Gasteiger partial charge is 0.462 e. The Labute approximate surface area is 166 Å². The van der Waals surface area contributed by atoms with Crippen LogP contribution in [0.3, 0.4) is 0 Å². The first-order valence-electron chi connectivity index (χ1n) is 9.11. The van der Waals surface area contributed by atoms with Crippen molar-refractivity contribution in [2.45, 2.75) is 13.8 Å². The van der Waals surface area contributed by atoms with Gasteiger partial charge in [0, 0.05) is 5.56 Å². The van der Waals surface area contributed by atoms with Crippen molar-refractivity contribution in [1.29, 1.82) is 0 Å². The highest BCUT2D eigenvalue weighted by atomic mass is 16.5. The van der Waals surface area contributed by atoms with Crippen molar-refractivity contribution in [2.75, 3.05) is 13.2 Å². The molecule has 0 saturated carbocycles. The summed E-state index contributed by atoms with van der Waals surface area (Å²) in [6.45, 7) is 3.38. The van der Waals surface area contributed by atoms with Gasteiger partial charge < -0.3 is 13.9 Å². The number of ketones is 1. The molecule has 0 N–H and O–H groups in total. The molecule has 0 bridgehead atoms. The average molecular weight is 393 g/mol. The Bertz CT molecular complexity index is 1100. The van der Waals surface area contributed by atoms with Gasteiger partial charge in [0.1, 0.15) is 16.8 Å². The molecule has 7 nitrogen and oxygen atoms in total. The summed E-state index contributed by atoms with van der Waals surface area (Å²) in [5.74, 6) is -2.13. The van der Waals surface area contributed by atoms with E-state index in [0.29, 0.717) is 11.8 Å². The van der Waals surface area contributed by atoms with E-state index in [0.717, 1.165) is 0 Å². The molecule has 0 aliphatic rings. The summed E-state index contributed by atoms with van der Waals surface area (Å²) in [6.07, 6.45) is 0.554. The van der Waals surface area contributed by atoms with Crippen LogP contribution in [0.25, 0.3) is 5.52 Å². The number of hydrogen-bond acceptors (Lipinski definition) is 6. The number of benzene rings is 1. The summed E-state index contributed by atoms with van der Waals surface area (Å²) in [6, 6.07) is 12.9. The van der Waals surface area contributed by atoms with Crippen molar-refractivity contribution in [2.24, 2.45) is 0 Å². The van der Waals surface area contributed by atoms with E-state index in [-0.39, 0.29) is 41.2 Å². The van der Waals surface area contributed by atoms with E-state index in [9.17, 15) is 19.2 Å². The van der Waals surface area contributed by atoms with E-state index in [1.165, 1.54) is 10.5 Å². The number of nitrogens with zero attached hydrogens (tertiary/aromatic N) is 1. The van der Waals surface area contributed by atoms with Gasteiger partial charge in [-0.05, 0) is 26.0 Å². The second kappa shape index (κ2) is 8.52. The molecule has 3 aromatic rings. The molecule has 3 rings (SSSR count). The number of carbonyl (C=O) groups excluding carboxylic acids is 4. The zero-order valence-corrected chi connectivity index (χ0v) is 16.0. The van der Waals surface area contributed by atoms with E-state index in [2.05, 4.69) is 0 Å². The number of rotatable bonds is 7. The number of aromatic nitrogens is 1. The molecule has 0 fully saturated rings. The van der Waals surface area contributed by atoms with Gasteiger partial charge in [-0.15, -0.1) is 0 Å². The molecule has 1 aromatic carbocycles. The second-order valence-corrected chi connectivity index (χ2v) is 6.02. The lowest BCUT2D eigenvalue weighted by Crippen LogP contribution is -2.17. The average Bonchev–Trinajstić information content (AvgIpc) is 3.09. The van der Waals surface area contributed by atoms with Crippen LogP contribution in [0.1, 0.15) is 61.1 Å². The minimum atomic E-state index is -0.838. The van der Waals surface area contributed by atoms with Crippen LogP contribution in [-0.4, -0.2) is 41.6 Å². The quantitative estimate of drug-likeness (QED) is 0.347. The minimum Gasteiger partial charge on any atom is -0.462 e. The first-order chi connectivity index (χ1) is 14.0. The molecule has 0 aliphatic heterocycles. The number of carbonyl (C=O) groups is 4. The molecule has 0 spiro atoms. The molecule has 2 heterocycles. The lowest BCUT2D eigenvalue weighted by Gasteiger charge is -2.08. The minimum absolute atomic E-state index is 0.0484. The van der Waals surface area contributed by atoms with Gasteiger partial charge in [0.25, 0.3) is 0 Å². The van der Waals surface area contributed by atoms with E-state index >= 15 is 0 Å². The lowest BCUT2D eigenvalue weighted by atomic mass is 10.0. The number of pyridine rings is 1. The fourth-order valence-corrected chi connectivity index (χ4v) is 3.17. The zero-order valence-electron chi connectivity index (χ0n) is 16.0. The van der Waals surface area contributed by atoms with Crippen molar-refractivity contribution in [3.63, 3.8) is 0 Å². The first-order valence-corrected chi connectivity index (χ1v) is 9.11. The van der Waals surface area contributed by atoms with Crippen LogP contribution in [0.5, 0.6) is 0 Å². The Morgan fingerprint density at radius 1 is 0.862 bits per heavy atom. The standard InChI is InChI=1S/C22H19NO6/c1-3-28-21(26)17-16-12-8-11-15(13-24)23(16)19(18(17)22(27)29-4-2)20(25)14-9-6-5-7-10-14/h5-13H,3-4H2,1-2H3. The summed E-state index contributed by atoms with van der Waals surface area (Å²) in [5.41, 5.74) is 0.198. The SMILES string of the molecule is CCOC(=O)c1c(C(=O)OCC)c2cccc(C=O)n2c1C(=O)c1ccccc1. The Kier molecular flexibility index (Phi) is 5.87. The van der Waals surface area contributed by atoms with Crippen LogP contribution >= 0.6 is 0 Å². The molecule has 0 radical (unpaired) electrons. The Morgan fingerprint density at radius 3 is 2.07 bits per heavy atom. The molecule has 148 valence electrons. The predicted octanol–water partition coefficient (Wildman–Crippen LogP) is 3.34. The van der Waals surface area contributed by atoms with E-state index in [1.54, 1.807) is 56.3 Å². The molecule has 2 aromatic heterocycles. The maximum atomic E-state index is 13.4. The highest BCUT2D eigenvalue weighted by Crippen LogP contribution is 2.29. The highest BCUT2D eigenvalue weighted by Gasteiger charge is 2.34. The van der Waals surface area contributed by atoms with Gasteiger partial charge in [-0.1, -0.05) is 36.4 Å². The van der Waals surface area contributed by atoms with Crippen LogP contribution in [0.2, 0.25) is 0 Å². The molecular weight excluding hydrogens is 374 g/mol. The number of fused-ring (bicyclic) bond motifs is 1. The van der Waals surface area contributed by atoms with Gasteiger partial charge in [-0.2, -0.15) is 0 Å². The number of hydrogen-bond donors (Lipinski definition) is 0. The molecule has 7 heteroatoms. The molecule has 0 amide bonds. The van der Waals surface area contributed by atoms with Gasteiger partial charge in [0.05, 0.1) is 24.4 Å². The van der Waals surface area contributed by atoms with E-state index in [1.807, 2.05) is 0 Å². The van der Waals surface area contributed by atoms with Crippen LogP contribution in [0.4, 0.5) is 0 Å². The van der Waals surface area contributed by atoms with Gasteiger partial charge >= 0.3 is 11.9 Å². The number of ether oxygens (including phenoxy) is 2. The van der Waals surface area contributed by atoms with E-state index < -0.39 is 17.7 Å². The van der Waals surface area contributed by atoms with Gasteiger partial charge in [-0.3, -0.25) is 9.59 Å². The van der Waals surface area contributed by atoms with Gasteiger partial charge in [-0.25, -0.2) is 9.59 Å². The fourth-order valence-electron chi connectivity index (χ4n) is 3.17. The Hall–Kier alpha value is -3.74. The maximum Gasteiger partial charge on any atom is 0.341 e. The van der Waals surface area contributed by atoms with Crippen LogP contribution < -0.4 is 0 Å². The third kappa shape index (κ3) is 3.54. The fraction of sp³-hybridized carbons (Fsp3) is 0.182. The molecule has 0 saturated heterocycles. The Balaban J connectivity index is 2.45. The third-order valence-corrected chi connectivity index (χ3v) is 4.32. The Morgan fingerprint density at radius 2 is 1.48 bits per heavy atom. The van der Waals surface area contributed by atoms with Crippen LogP contribution in [-0.2, 0) is 9.47 Å². The van der Waals surface area contributed by atoms with Gasteiger partial charge in [0.15, 0.2) is 6.29 Å². The van der Waals surface area contributed by atoms with Crippen molar-refractivity contribution in [3.8, 4) is 0 Å². The summed E-state index contributed by atoms with van der Waals surface area (Å²) in [4.78, 5) is 50.6. The first kappa shape index (κ1) is 20.0. The maximum absolute atomic E-state index is 13.4. The summed E-state index contributed by atoms with van der Waals surface area (Å²) < 4.78 is 11.6. The normalized spacial score (nSPS) is 10.6. The summed E-state index contributed by atoms with van der Waals surface area (Å²) >= 11 is 0. The number of esters is 2. The monoisotopic (exact) mass is 393 g/mol. The van der Waals surface area contributed by atoms with E-state index in [4.69, 9.17) is 9.47 Å². The predicted molar refractivity (Wildman–Crippen MR) is 105 cm³/mol. The lowest BCUT2D eigenvalue weighted by molar-refractivity contribution is 0.0480. The summed E-state index contributed by atoms with van der Waals surface area (Å²) in [7, 11) is 0. The molecule has 0 aliphatic carbocycles.